The van der Waals surface area contributed by atoms with E-state index in [1.165, 1.54) is 10.9 Å². The summed E-state index contributed by atoms with van der Waals surface area (Å²) in [6.45, 7) is 3.92. The molecule has 5 aromatic rings. The highest BCUT2D eigenvalue weighted by Gasteiger charge is 2.21. The van der Waals surface area contributed by atoms with E-state index < -0.39 is 6.09 Å². The Morgan fingerprint density at radius 1 is 1.10 bits per heavy atom. The van der Waals surface area contributed by atoms with E-state index in [9.17, 15) is 4.79 Å². The number of carbonyl (C=O) groups is 1. The molecule has 0 aliphatic carbocycles. The van der Waals surface area contributed by atoms with Crippen molar-refractivity contribution < 1.29 is 23.5 Å². The molecule has 2 atom stereocenters. The number of nitrogens with one attached hydrogen (secondary N) is 1. The minimum Gasteiger partial charge on any atom is -0.448 e. The van der Waals surface area contributed by atoms with Gasteiger partial charge in [-0.25, -0.2) is 9.78 Å². The van der Waals surface area contributed by atoms with Crippen molar-refractivity contribution in [3.8, 4) is 29.2 Å². The number of hydrogen-bond donors (Lipinski definition) is 1. The zero-order chi connectivity index (χ0) is 33.1. The number of nitrogens with zero attached hydrogens (tertiary/aromatic N) is 7. The molecule has 244 valence electrons. The highest BCUT2D eigenvalue weighted by molar-refractivity contribution is 5.67. The van der Waals surface area contributed by atoms with Crippen LogP contribution in [0, 0.1) is 23.2 Å². The second-order valence-corrected chi connectivity index (χ2v) is 11.1. The van der Waals surface area contributed by atoms with Gasteiger partial charge < -0.3 is 33.2 Å². The van der Waals surface area contributed by atoms with Crippen LogP contribution in [0.15, 0.2) is 77.8 Å². The first-order valence-corrected chi connectivity index (χ1v) is 15.7. The molecule has 48 heavy (non-hydrogen) atoms. The summed E-state index contributed by atoms with van der Waals surface area (Å²) in [5.74, 6) is 8.01. The number of carbonyl (C=O) groups excluding carboxylic acids is 1. The standard InChI is InChI=1S/C35H34N8O5/c1-25(47-33-4-2-3-18-45-33)34-37-15-16-42(34)23-30-20-31(48-41-30)29-13-11-27(12-14-29)6-5-26-7-9-28(10-8-26)22-38-35(44)46-19-17-43-24-39-40-32(43)21-36/h7-16,20,24-25,33H,2-4,17-19,22-23H2,1H3,(H,38,44)/t25-,33?/m0/s1. The van der Waals surface area contributed by atoms with E-state index in [2.05, 4.69) is 37.5 Å². The van der Waals surface area contributed by atoms with Gasteiger partial charge in [0.15, 0.2) is 12.1 Å². The third-order valence-corrected chi connectivity index (χ3v) is 7.69. The second-order valence-electron chi connectivity index (χ2n) is 11.1. The number of benzene rings is 2. The predicted molar refractivity (Wildman–Crippen MR) is 172 cm³/mol. The van der Waals surface area contributed by atoms with E-state index in [-0.39, 0.29) is 24.8 Å². The van der Waals surface area contributed by atoms with Gasteiger partial charge in [-0.3, -0.25) is 0 Å². The van der Waals surface area contributed by atoms with Crippen molar-refractivity contribution in [3.63, 3.8) is 0 Å². The zero-order valence-electron chi connectivity index (χ0n) is 26.4. The molecule has 0 radical (unpaired) electrons. The normalized spacial score (nSPS) is 14.8. The van der Waals surface area contributed by atoms with Crippen molar-refractivity contribution in [1.29, 1.82) is 5.26 Å². The van der Waals surface area contributed by atoms with Gasteiger partial charge in [0.2, 0.25) is 5.82 Å². The molecule has 1 fully saturated rings. The van der Waals surface area contributed by atoms with Crippen molar-refractivity contribution >= 4 is 6.09 Å². The Hall–Kier alpha value is -5.76. The summed E-state index contributed by atoms with van der Waals surface area (Å²) in [7, 11) is 0. The van der Waals surface area contributed by atoms with Gasteiger partial charge in [0.1, 0.15) is 36.6 Å². The predicted octanol–water partition coefficient (Wildman–Crippen LogP) is 4.98. The molecule has 4 heterocycles. The average Bonchev–Trinajstić information content (AvgIpc) is 3.90. The Morgan fingerprint density at radius 3 is 2.65 bits per heavy atom. The van der Waals surface area contributed by atoms with Gasteiger partial charge in [0.05, 0.1) is 13.1 Å². The Morgan fingerprint density at radius 2 is 1.90 bits per heavy atom. The molecule has 0 bridgehead atoms. The van der Waals surface area contributed by atoms with Gasteiger partial charge in [-0.15, -0.1) is 10.2 Å². The number of rotatable bonds is 11. The highest BCUT2D eigenvalue weighted by atomic mass is 16.7. The van der Waals surface area contributed by atoms with Crippen LogP contribution in [0.5, 0.6) is 0 Å². The molecule has 1 N–H and O–H groups in total. The van der Waals surface area contributed by atoms with Gasteiger partial charge in [-0.1, -0.05) is 29.1 Å². The lowest BCUT2D eigenvalue weighted by atomic mass is 10.1. The maximum atomic E-state index is 12.0. The van der Waals surface area contributed by atoms with E-state index >= 15 is 0 Å². The van der Waals surface area contributed by atoms with Crippen LogP contribution in [0.4, 0.5) is 4.79 Å². The van der Waals surface area contributed by atoms with Gasteiger partial charge in [-0.05, 0) is 68.1 Å². The molecule has 13 heteroatoms. The van der Waals surface area contributed by atoms with Gasteiger partial charge >= 0.3 is 6.09 Å². The van der Waals surface area contributed by atoms with Crippen LogP contribution in [0.3, 0.4) is 0 Å². The molecule has 1 amide bonds. The minimum atomic E-state index is -0.552. The van der Waals surface area contributed by atoms with Gasteiger partial charge in [0.25, 0.3) is 0 Å². The topological polar surface area (TPSA) is 155 Å². The first-order valence-electron chi connectivity index (χ1n) is 15.7. The fourth-order valence-electron chi connectivity index (χ4n) is 5.15. The molecule has 1 unspecified atom stereocenters. The summed E-state index contributed by atoms with van der Waals surface area (Å²) >= 11 is 0. The Labute approximate surface area is 277 Å². The number of imidazole rings is 1. The van der Waals surface area contributed by atoms with Crippen LogP contribution in [0.25, 0.3) is 11.3 Å². The largest absolute Gasteiger partial charge is 0.448 e. The average molecular weight is 647 g/mol. The van der Waals surface area contributed by atoms with E-state index in [1.54, 1.807) is 6.20 Å². The summed E-state index contributed by atoms with van der Waals surface area (Å²) < 4.78 is 26.2. The quantitative estimate of drug-likeness (QED) is 0.194. The number of nitriles is 1. The first kappa shape index (κ1) is 32.2. The third kappa shape index (κ3) is 8.53. The van der Waals surface area contributed by atoms with Crippen LogP contribution in [-0.4, -0.2) is 55.1 Å². The highest BCUT2D eigenvalue weighted by Crippen LogP contribution is 2.25. The summed E-state index contributed by atoms with van der Waals surface area (Å²) in [6, 6.07) is 19.3. The van der Waals surface area contributed by atoms with Crippen molar-refractivity contribution in [1.82, 2.24) is 34.8 Å². The summed E-state index contributed by atoms with van der Waals surface area (Å²) in [5.41, 5.74) is 4.29. The number of amides is 1. The molecule has 6 rings (SSSR count). The Balaban J connectivity index is 0.968. The third-order valence-electron chi connectivity index (χ3n) is 7.69. The van der Waals surface area contributed by atoms with Crippen LogP contribution in [0.2, 0.25) is 0 Å². The maximum absolute atomic E-state index is 12.0. The number of aromatic nitrogens is 6. The smallest absolute Gasteiger partial charge is 0.407 e. The molecule has 0 saturated carbocycles. The van der Waals surface area contributed by atoms with Gasteiger partial charge in [0, 0.05) is 48.3 Å². The monoisotopic (exact) mass is 646 g/mol. The molecular weight excluding hydrogens is 612 g/mol. The Bertz CT molecular complexity index is 1900. The number of alkyl carbamates (subject to hydrolysis) is 1. The summed E-state index contributed by atoms with van der Waals surface area (Å²) in [5, 5.41) is 23.3. The minimum absolute atomic E-state index is 0.0905. The molecule has 0 spiro atoms. The lowest BCUT2D eigenvalue weighted by Gasteiger charge is -2.26. The van der Waals surface area contributed by atoms with Crippen LogP contribution < -0.4 is 5.32 Å². The zero-order valence-corrected chi connectivity index (χ0v) is 26.4. The first-order chi connectivity index (χ1) is 23.5. The van der Waals surface area contributed by atoms with Crippen molar-refractivity contribution in [2.45, 2.75) is 58.2 Å². The molecule has 1 saturated heterocycles. The molecular formula is C35H34N8O5. The van der Waals surface area contributed by atoms with Crippen molar-refractivity contribution in [3.05, 3.63) is 107 Å². The van der Waals surface area contributed by atoms with Gasteiger partial charge in [-0.2, -0.15) is 5.26 Å². The van der Waals surface area contributed by atoms with E-state index in [1.807, 2.05) is 78.4 Å². The molecule has 2 aromatic carbocycles. The fraction of sp³-hybridized carbons (Fsp3) is 0.314. The number of ether oxygens (including phenoxy) is 3. The van der Waals surface area contributed by atoms with Crippen LogP contribution in [-0.2, 0) is 33.8 Å². The lowest BCUT2D eigenvalue weighted by Crippen LogP contribution is -2.25. The van der Waals surface area contributed by atoms with Crippen molar-refractivity contribution in [2.24, 2.45) is 0 Å². The maximum Gasteiger partial charge on any atom is 0.407 e. The van der Waals surface area contributed by atoms with E-state index in [4.69, 9.17) is 24.0 Å². The van der Waals surface area contributed by atoms with Crippen LogP contribution in [0.1, 0.15) is 66.3 Å². The summed E-state index contributed by atoms with van der Waals surface area (Å²) in [4.78, 5) is 16.5. The second kappa shape index (κ2) is 15.7. The lowest BCUT2D eigenvalue weighted by molar-refractivity contribution is -0.188. The molecule has 3 aromatic heterocycles. The fourth-order valence-corrected chi connectivity index (χ4v) is 5.15. The molecule has 1 aliphatic rings. The SMILES string of the molecule is C[C@H](OC1CCCCO1)c1nccn1Cc1cc(-c2ccc(C#Cc3ccc(CNC(=O)OCCn4cnnc4C#N)cc3)cc2)on1. The summed E-state index contributed by atoms with van der Waals surface area (Å²) in [6.07, 6.45) is 7.23. The molecule has 13 nitrogen and oxygen atoms in total. The van der Waals surface area contributed by atoms with E-state index in [0.717, 1.165) is 59.6 Å². The Kier molecular flexibility index (Phi) is 10.5. The van der Waals surface area contributed by atoms with Crippen molar-refractivity contribution in [2.75, 3.05) is 13.2 Å². The molecule has 1 aliphatic heterocycles. The van der Waals surface area contributed by atoms with E-state index in [0.29, 0.717) is 25.4 Å². The van der Waals surface area contributed by atoms with Crippen LogP contribution >= 0.6 is 0 Å². The number of hydrogen-bond acceptors (Lipinski definition) is 10.